The first-order chi connectivity index (χ1) is 19.1. The normalized spacial score (nSPS) is 44.3. The summed E-state index contributed by atoms with van der Waals surface area (Å²) in [7, 11) is 0. The number of fused-ring (bicyclic) bond motifs is 1. The molecule has 2 saturated carbocycles. The number of hydrogen-bond acceptors (Lipinski definition) is 7. The molecule has 4 saturated heterocycles. The lowest BCUT2D eigenvalue weighted by Crippen LogP contribution is -2.66. The quantitative estimate of drug-likeness (QED) is 0.306. The van der Waals surface area contributed by atoms with Crippen LogP contribution in [0, 0.1) is 29.6 Å². The largest absolute Gasteiger partial charge is 0.353 e. The van der Waals surface area contributed by atoms with Gasteiger partial charge >= 0.3 is 0 Å². The third kappa shape index (κ3) is 7.18. The van der Waals surface area contributed by atoms with Gasteiger partial charge < -0.3 is 16.0 Å². The predicted molar refractivity (Wildman–Crippen MR) is 157 cm³/mol. The van der Waals surface area contributed by atoms with Gasteiger partial charge in [-0.2, -0.15) is 0 Å². The number of amides is 1. The summed E-state index contributed by atoms with van der Waals surface area (Å²) in [6.07, 6.45) is 16.7. The van der Waals surface area contributed by atoms with Crippen LogP contribution in [-0.2, 0) is 4.79 Å². The van der Waals surface area contributed by atoms with Crippen LogP contribution in [0.4, 0.5) is 0 Å². The van der Waals surface area contributed by atoms with E-state index in [2.05, 4.69) is 43.7 Å². The van der Waals surface area contributed by atoms with Crippen LogP contribution < -0.4 is 31.9 Å². The van der Waals surface area contributed by atoms with Crippen LogP contribution >= 0.6 is 0 Å². The van der Waals surface area contributed by atoms with Crippen LogP contribution in [0.3, 0.4) is 0 Å². The Morgan fingerprint density at radius 3 is 2.54 bits per heavy atom. The van der Waals surface area contributed by atoms with Crippen molar-refractivity contribution in [1.82, 2.24) is 36.8 Å². The number of nitrogens with zero attached hydrogens (tertiary/aromatic N) is 1. The van der Waals surface area contributed by atoms with E-state index in [9.17, 15) is 4.79 Å². The molecule has 0 aromatic heterocycles. The van der Waals surface area contributed by atoms with Gasteiger partial charge in [0.1, 0.15) is 6.29 Å². The zero-order chi connectivity index (χ0) is 26.6. The average Bonchev–Trinajstić information content (AvgIpc) is 2.99. The molecule has 8 heteroatoms. The fourth-order valence-electron chi connectivity index (χ4n) is 8.98. The smallest absolute Gasteiger partial charge is 0.223 e. The van der Waals surface area contributed by atoms with E-state index < -0.39 is 0 Å². The van der Waals surface area contributed by atoms with E-state index in [1.54, 1.807) is 0 Å². The van der Waals surface area contributed by atoms with Gasteiger partial charge in [-0.15, -0.1) is 0 Å². The second-order valence-electron chi connectivity index (χ2n) is 14.1. The number of piperidine rings is 3. The molecule has 6 aliphatic rings. The van der Waals surface area contributed by atoms with Gasteiger partial charge in [-0.1, -0.05) is 26.2 Å². The molecule has 8 nitrogen and oxygen atoms in total. The fourth-order valence-corrected chi connectivity index (χ4v) is 8.98. The third-order valence-corrected chi connectivity index (χ3v) is 11.5. The maximum atomic E-state index is 13.5. The molecule has 4 heterocycles. The molecule has 0 radical (unpaired) electrons. The molecule has 6 fully saturated rings. The molecule has 222 valence electrons. The highest BCUT2D eigenvalue weighted by molar-refractivity contribution is 5.79. The molecule has 6 N–H and O–H groups in total. The molecular formula is C31H57N7O. The number of likely N-dealkylation sites (tertiary alicyclic amines) is 1. The lowest BCUT2D eigenvalue weighted by Gasteiger charge is -2.46. The highest BCUT2D eigenvalue weighted by Gasteiger charge is 2.38. The maximum absolute atomic E-state index is 13.5. The Hall–Kier alpha value is -0.770. The van der Waals surface area contributed by atoms with Crippen LogP contribution in [0.5, 0.6) is 0 Å². The molecule has 39 heavy (non-hydrogen) atoms. The minimum absolute atomic E-state index is 0.151. The standard InChI is InChI=1S/C31H57N7O/c1-21-8-9-26(18-28(21)37-31-34-15-11-27(36-31)24-7-4-13-32-19-24)35-30(39)23-10-14-33-29(17-23)38-16-12-22-5-2-3-6-25(22)20-38/h21-29,31-34,36-37H,2-20H2,1H3,(H,35,39). The lowest BCUT2D eigenvalue weighted by atomic mass is 9.75. The van der Waals surface area contributed by atoms with E-state index in [0.717, 1.165) is 63.1 Å². The Balaban J connectivity index is 0.973. The van der Waals surface area contributed by atoms with Crippen molar-refractivity contribution in [3.05, 3.63) is 0 Å². The van der Waals surface area contributed by atoms with E-state index in [1.807, 2.05) is 0 Å². The summed E-state index contributed by atoms with van der Waals surface area (Å²) in [5.41, 5.74) is 0. The maximum Gasteiger partial charge on any atom is 0.223 e. The van der Waals surface area contributed by atoms with Crippen LogP contribution in [0.2, 0.25) is 0 Å². The summed E-state index contributed by atoms with van der Waals surface area (Å²) in [5.74, 6) is 3.68. The SMILES string of the molecule is CC1CCC(NC(=O)C2CCNC(N3CCC4CCCCC4C3)C2)CC1NC1NCCC(C2CCCNC2)N1. The molecule has 6 rings (SSSR count). The minimum atomic E-state index is 0.151. The molecule has 0 aromatic rings. The molecule has 4 aliphatic heterocycles. The van der Waals surface area contributed by atoms with E-state index in [-0.39, 0.29) is 12.2 Å². The molecule has 2 aliphatic carbocycles. The van der Waals surface area contributed by atoms with Gasteiger partial charge in [0.15, 0.2) is 0 Å². The van der Waals surface area contributed by atoms with Gasteiger partial charge in [-0.05, 0) is 121 Å². The summed E-state index contributed by atoms with van der Waals surface area (Å²) < 4.78 is 0. The highest BCUT2D eigenvalue weighted by Crippen LogP contribution is 2.37. The summed E-state index contributed by atoms with van der Waals surface area (Å²) in [6.45, 7) is 9.20. The van der Waals surface area contributed by atoms with Gasteiger partial charge in [-0.3, -0.25) is 25.6 Å². The van der Waals surface area contributed by atoms with Crippen molar-refractivity contribution in [3.8, 4) is 0 Å². The van der Waals surface area contributed by atoms with Crippen molar-refractivity contribution in [2.75, 3.05) is 39.3 Å². The molecule has 10 atom stereocenters. The molecule has 1 amide bonds. The monoisotopic (exact) mass is 543 g/mol. The van der Waals surface area contributed by atoms with E-state index in [4.69, 9.17) is 0 Å². The van der Waals surface area contributed by atoms with Crippen molar-refractivity contribution >= 4 is 5.91 Å². The molecule has 0 aromatic carbocycles. The second kappa shape index (κ2) is 13.5. The topological polar surface area (TPSA) is 92.5 Å². The Labute approximate surface area is 237 Å². The first-order valence-corrected chi connectivity index (χ1v) is 16.9. The van der Waals surface area contributed by atoms with Gasteiger partial charge in [0.05, 0.1) is 6.17 Å². The molecular weight excluding hydrogens is 486 g/mol. The number of rotatable bonds is 6. The third-order valence-electron chi connectivity index (χ3n) is 11.5. The Morgan fingerprint density at radius 2 is 1.67 bits per heavy atom. The van der Waals surface area contributed by atoms with Crippen molar-refractivity contribution in [2.24, 2.45) is 29.6 Å². The fraction of sp³-hybridized carbons (Fsp3) is 0.968. The van der Waals surface area contributed by atoms with Crippen molar-refractivity contribution in [1.29, 1.82) is 0 Å². The van der Waals surface area contributed by atoms with Crippen LogP contribution in [0.15, 0.2) is 0 Å². The Kier molecular flexibility index (Phi) is 9.79. The number of carbonyl (C=O) groups excluding carboxylic acids is 1. The number of hydrogen-bond donors (Lipinski definition) is 6. The van der Waals surface area contributed by atoms with Gasteiger partial charge in [0.2, 0.25) is 5.91 Å². The van der Waals surface area contributed by atoms with Crippen LogP contribution in [-0.4, -0.2) is 80.7 Å². The zero-order valence-corrected chi connectivity index (χ0v) is 24.6. The lowest BCUT2D eigenvalue weighted by molar-refractivity contribution is -0.128. The van der Waals surface area contributed by atoms with Gasteiger partial charge in [0, 0.05) is 30.6 Å². The Bertz CT molecular complexity index is 791. The summed E-state index contributed by atoms with van der Waals surface area (Å²) in [5, 5.41) is 22.4. The van der Waals surface area contributed by atoms with Crippen molar-refractivity contribution in [3.63, 3.8) is 0 Å². The van der Waals surface area contributed by atoms with Gasteiger partial charge in [0.25, 0.3) is 0 Å². The first-order valence-electron chi connectivity index (χ1n) is 16.9. The van der Waals surface area contributed by atoms with E-state index in [1.165, 1.54) is 77.4 Å². The number of carbonyl (C=O) groups is 1. The zero-order valence-electron chi connectivity index (χ0n) is 24.6. The minimum Gasteiger partial charge on any atom is -0.353 e. The summed E-state index contributed by atoms with van der Waals surface area (Å²) >= 11 is 0. The van der Waals surface area contributed by atoms with Gasteiger partial charge in [-0.25, -0.2) is 0 Å². The number of nitrogens with one attached hydrogen (secondary N) is 6. The van der Waals surface area contributed by atoms with Crippen LogP contribution in [0.1, 0.15) is 90.4 Å². The highest BCUT2D eigenvalue weighted by atomic mass is 16.2. The van der Waals surface area contributed by atoms with E-state index in [0.29, 0.717) is 36.1 Å². The molecule has 0 spiro atoms. The van der Waals surface area contributed by atoms with Crippen molar-refractivity contribution < 1.29 is 4.79 Å². The predicted octanol–water partition coefficient (Wildman–Crippen LogP) is 2.32. The van der Waals surface area contributed by atoms with Crippen LogP contribution in [0.25, 0.3) is 0 Å². The van der Waals surface area contributed by atoms with E-state index >= 15 is 0 Å². The second-order valence-corrected chi connectivity index (χ2v) is 14.1. The summed E-state index contributed by atoms with van der Waals surface area (Å²) in [4.78, 5) is 16.2. The first kappa shape index (κ1) is 28.4. The molecule has 10 unspecified atom stereocenters. The average molecular weight is 544 g/mol. The Morgan fingerprint density at radius 1 is 0.821 bits per heavy atom. The van der Waals surface area contributed by atoms with Crippen molar-refractivity contribution in [2.45, 2.75) is 121 Å². The molecule has 0 bridgehead atoms. The summed E-state index contributed by atoms with van der Waals surface area (Å²) in [6, 6.07) is 1.30.